The van der Waals surface area contributed by atoms with Crippen molar-refractivity contribution in [2.75, 3.05) is 0 Å². The Morgan fingerprint density at radius 1 is 1.45 bits per heavy atom. The van der Waals surface area contributed by atoms with Gasteiger partial charge in [0.15, 0.2) is 0 Å². The number of hydrogen-bond donors (Lipinski definition) is 2. The van der Waals surface area contributed by atoms with Gasteiger partial charge in [0.2, 0.25) is 5.88 Å². The number of carbonyl (C=O) groups is 1. The van der Waals surface area contributed by atoms with Crippen molar-refractivity contribution >= 4 is 18.5 Å². The third kappa shape index (κ3) is 2.24. The quantitative estimate of drug-likeness (QED) is 0.776. The molecule has 3 N–H and O–H groups in total. The van der Waals surface area contributed by atoms with E-state index in [1.165, 1.54) is 6.20 Å². The number of fused-ring (bicyclic) bond motifs is 1. The highest BCUT2D eigenvalue weighted by Gasteiger charge is 2.27. The van der Waals surface area contributed by atoms with Gasteiger partial charge in [0.25, 0.3) is 5.91 Å². The molecule has 3 rings (SSSR count). The smallest absolute Gasteiger partial charge is 0.438 e. The highest BCUT2D eigenvalue weighted by molar-refractivity contribution is 6.61. The number of hydrogen-bond acceptors (Lipinski definition) is 5. The normalized spacial score (nSPS) is 13.2. The van der Waals surface area contributed by atoms with E-state index >= 15 is 0 Å². The highest BCUT2D eigenvalue weighted by Crippen LogP contribution is 2.24. The Labute approximate surface area is 115 Å². The fourth-order valence-electron chi connectivity index (χ4n) is 2.04. The lowest BCUT2D eigenvalue weighted by molar-refractivity contribution is 0.0997. The van der Waals surface area contributed by atoms with Crippen molar-refractivity contribution in [1.82, 2.24) is 4.98 Å². The van der Waals surface area contributed by atoms with Crippen LogP contribution in [-0.4, -0.2) is 23.0 Å². The second-order valence-corrected chi connectivity index (χ2v) is 4.35. The largest absolute Gasteiger partial charge is 0.491 e. The molecule has 2 aromatic rings. The topological polar surface area (TPSA) is 94.7 Å². The Balaban J connectivity index is 1.91. The van der Waals surface area contributed by atoms with E-state index in [1.54, 1.807) is 30.3 Å². The van der Waals surface area contributed by atoms with Gasteiger partial charge in [-0.1, -0.05) is 6.07 Å². The summed E-state index contributed by atoms with van der Waals surface area (Å²) in [5.74, 6) is 0.0510. The zero-order valence-corrected chi connectivity index (χ0v) is 10.4. The number of amides is 1. The van der Waals surface area contributed by atoms with Gasteiger partial charge >= 0.3 is 7.12 Å². The van der Waals surface area contributed by atoms with Crippen molar-refractivity contribution in [1.29, 1.82) is 0 Å². The first-order chi connectivity index (χ1) is 9.65. The number of rotatable bonds is 3. The summed E-state index contributed by atoms with van der Waals surface area (Å²) < 4.78 is 10.7. The molecule has 0 spiro atoms. The van der Waals surface area contributed by atoms with Crippen LogP contribution in [0.25, 0.3) is 0 Å². The minimum atomic E-state index is -0.893. The molecule has 0 unspecified atom stereocenters. The first-order valence-electron chi connectivity index (χ1n) is 6.00. The average molecular weight is 270 g/mol. The van der Waals surface area contributed by atoms with Crippen LogP contribution in [0, 0.1) is 0 Å². The molecule has 1 amide bonds. The predicted octanol–water partition coefficient (Wildman–Crippen LogP) is 0.190. The van der Waals surface area contributed by atoms with Gasteiger partial charge in [0.1, 0.15) is 11.3 Å². The molecule has 6 nitrogen and oxygen atoms in total. The van der Waals surface area contributed by atoms with E-state index in [-0.39, 0.29) is 11.4 Å². The van der Waals surface area contributed by atoms with E-state index in [1.807, 2.05) is 0 Å². The number of nitrogens with zero attached hydrogens (tertiary/aromatic N) is 1. The minimum Gasteiger partial charge on any atom is -0.438 e. The second kappa shape index (κ2) is 4.95. The lowest BCUT2D eigenvalue weighted by atomic mass is 9.80. The third-order valence-electron chi connectivity index (χ3n) is 3.03. The Morgan fingerprint density at radius 3 is 3.10 bits per heavy atom. The van der Waals surface area contributed by atoms with Crippen molar-refractivity contribution in [2.45, 2.75) is 6.61 Å². The number of ether oxygens (including phenoxy) is 1. The van der Waals surface area contributed by atoms with Gasteiger partial charge in [-0.3, -0.25) is 4.79 Å². The van der Waals surface area contributed by atoms with Crippen LogP contribution in [0.2, 0.25) is 0 Å². The molecule has 1 aromatic carbocycles. The molecule has 2 heterocycles. The minimum absolute atomic E-state index is 0.152. The van der Waals surface area contributed by atoms with Crippen LogP contribution in [0.4, 0.5) is 0 Å². The van der Waals surface area contributed by atoms with Gasteiger partial charge in [-0.15, -0.1) is 0 Å². The first kappa shape index (κ1) is 12.6. The SMILES string of the molecule is NC(=O)c1cccnc1Oc1ccc2c(c1)COB2O. The van der Waals surface area contributed by atoms with Crippen molar-refractivity contribution in [3.8, 4) is 11.6 Å². The van der Waals surface area contributed by atoms with E-state index in [0.717, 1.165) is 5.56 Å². The summed E-state index contributed by atoms with van der Waals surface area (Å²) in [6, 6.07) is 8.29. The molecule has 1 aliphatic heterocycles. The second-order valence-electron chi connectivity index (χ2n) is 4.35. The van der Waals surface area contributed by atoms with Crippen LogP contribution in [0.5, 0.6) is 11.6 Å². The number of pyridine rings is 1. The summed E-state index contributed by atoms with van der Waals surface area (Å²) in [6.07, 6.45) is 1.52. The molecule has 0 aliphatic carbocycles. The van der Waals surface area contributed by atoms with Gasteiger partial charge in [0.05, 0.1) is 6.61 Å². The van der Waals surface area contributed by atoms with Crippen LogP contribution < -0.4 is 15.9 Å². The van der Waals surface area contributed by atoms with Crippen LogP contribution in [0.1, 0.15) is 15.9 Å². The maximum atomic E-state index is 11.3. The molecule has 0 radical (unpaired) electrons. The summed E-state index contributed by atoms with van der Waals surface area (Å²) in [5.41, 5.74) is 7.03. The fourth-order valence-corrected chi connectivity index (χ4v) is 2.04. The van der Waals surface area contributed by atoms with Crippen LogP contribution in [0.15, 0.2) is 36.5 Å². The number of nitrogens with two attached hydrogens (primary N) is 1. The summed E-state index contributed by atoms with van der Waals surface area (Å²) in [7, 11) is -0.893. The fraction of sp³-hybridized carbons (Fsp3) is 0.0769. The van der Waals surface area contributed by atoms with Crippen LogP contribution in [-0.2, 0) is 11.3 Å². The van der Waals surface area contributed by atoms with Crippen molar-refractivity contribution in [3.63, 3.8) is 0 Å². The van der Waals surface area contributed by atoms with Crippen LogP contribution >= 0.6 is 0 Å². The molecule has 1 aromatic heterocycles. The average Bonchev–Trinajstić information content (AvgIpc) is 2.80. The highest BCUT2D eigenvalue weighted by atomic mass is 16.5. The van der Waals surface area contributed by atoms with Gasteiger partial charge in [-0.2, -0.15) is 0 Å². The molecule has 0 bridgehead atoms. The lowest BCUT2D eigenvalue weighted by Crippen LogP contribution is -2.27. The molecule has 1 aliphatic rings. The standard InChI is InChI=1S/C13H11BN2O4/c15-12(17)10-2-1-5-16-13(10)20-9-3-4-11-8(6-9)7-19-14(11)18/h1-6,18H,7H2,(H2,15,17). The van der Waals surface area contributed by atoms with E-state index in [0.29, 0.717) is 17.8 Å². The summed E-state index contributed by atoms with van der Waals surface area (Å²) in [5, 5.41) is 9.54. The number of benzene rings is 1. The molecule has 0 saturated carbocycles. The number of primary amides is 1. The maximum Gasteiger partial charge on any atom is 0.491 e. The van der Waals surface area contributed by atoms with E-state index < -0.39 is 13.0 Å². The zero-order valence-electron chi connectivity index (χ0n) is 10.4. The zero-order chi connectivity index (χ0) is 14.1. The Bertz CT molecular complexity index is 677. The lowest BCUT2D eigenvalue weighted by Gasteiger charge is -2.08. The predicted molar refractivity (Wildman–Crippen MR) is 71.7 cm³/mol. The summed E-state index contributed by atoms with van der Waals surface area (Å²) in [4.78, 5) is 15.3. The molecule has 0 fully saturated rings. The summed E-state index contributed by atoms with van der Waals surface area (Å²) in [6.45, 7) is 0.318. The van der Waals surface area contributed by atoms with Gasteiger partial charge in [0, 0.05) is 6.20 Å². The molecular weight excluding hydrogens is 259 g/mol. The van der Waals surface area contributed by atoms with E-state index in [2.05, 4.69) is 4.98 Å². The molecule has 100 valence electrons. The van der Waals surface area contributed by atoms with Gasteiger partial charge in [-0.05, 0) is 35.3 Å². The monoisotopic (exact) mass is 270 g/mol. The van der Waals surface area contributed by atoms with E-state index in [9.17, 15) is 9.82 Å². The Morgan fingerprint density at radius 2 is 2.30 bits per heavy atom. The molecule has 0 saturated heterocycles. The molecule has 7 heteroatoms. The third-order valence-corrected chi connectivity index (χ3v) is 3.03. The van der Waals surface area contributed by atoms with Crippen LogP contribution in [0.3, 0.4) is 0 Å². The first-order valence-corrected chi connectivity index (χ1v) is 6.00. The summed E-state index contributed by atoms with van der Waals surface area (Å²) >= 11 is 0. The molecule has 20 heavy (non-hydrogen) atoms. The molecule has 0 atom stereocenters. The van der Waals surface area contributed by atoms with Crippen molar-refractivity contribution < 1.29 is 19.2 Å². The van der Waals surface area contributed by atoms with Crippen molar-refractivity contribution in [2.24, 2.45) is 5.73 Å². The van der Waals surface area contributed by atoms with Gasteiger partial charge in [-0.25, -0.2) is 4.98 Å². The van der Waals surface area contributed by atoms with Gasteiger partial charge < -0.3 is 20.1 Å². The Kier molecular flexibility index (Phi) is 3.13. The Hall–Kier alpha value is -2.38. The number of aromatic nitrogens is 1. The molecular formula is C13H11BN2O4. The maximum absolute atomic E-state index is 11.3. The van der Waals surface area contributed by atoms with E-state index in [4.69, 9.17) is 15.1 Å². The number of carbonyl (C=O) groups excluding carboxylic acids is 1. The van der Waals surface area contributed by atoms with Crippen molar-refractivity contribution in [3.05, 3.63) is 47.7 Å².